The van der Waals surface area contributed by atoms with Crippen molar-refractivity contribution in [3.8, 4) is 0 Å². The highest BCUT2D eigenvalue weighted by atomic mass is 19.1. The van der Waals surface area contributed by atoms with Gasteiger partial charge in [-0.05, 0) is 30.5 Å². The SMILES string of the molecule is CCC1C(=O)NCC(=O)N1CCc1cc(F)cc(F)c1. The third kappa shape index (κ3) is 3.12. The van der Waals surface area contributed by atoms with Gasteiger partial charge in [0.05, 0.1) is 6.54 Å². The lowest BCUT2D eigenvalue weighted by atomic mass is 10.1. The molecule has 0 aromatic heterocycles. The van der Waals surface area contributed by atoms with Crippen LogP contribution < -0.4 is 5.32 Å². The van der Waals surface area contributed by atoms with Crippen LogP contribution in [0.2, 0.25) is 0 Å². The van der Waals surface area contributed by atoms with Crippen molar-refractivity contribution in [2.24, 2.45) is 0 Å². The third-order valence-electron chi connectivity index (χ3n) is 3.36. The molecule has 1 aromatic carbocycles. The molecule has 1 aliphatic heterocycles. The second kappa shape index (κ2) is 5.98. The summed E-state index contributed by atoms with van der Waals surface area (Å²) in [6.07, 6.45) is 0.819. The van der Waals surface area contributed by atoms with Crippen molar-refractivity contribution in [2.75, 3.05) is 13.1 Å². The number of nitrogens with one attached hydrogen (secondary N) is 1. The second-order valence-electron chi connectivity index (χ2n) is 4.76. The van der Waals surface area contributed by atoms with Crippen molar-refractivity contribution in [1.29, 1.82) is 0 Å². The van der Waals surface area contributed by atoms with E-state index in [4.69, 9.17) is 0 Å². The molecule has 1 heterocycles. The highest BCUT2D eigenvalue weighted by Crippen LogP contribution is 2.13. The number of amides is 2. The van der Waals surface area contributed by atoms with Crippen LogP contribution in [0.4, 0.5) is 8.78 Å². The number of carbonyl (C=O) groups excluding carboxylic acids is 2. The van der Waals surface area contributed by atoms with E-state index in [2.05, 4.69) is 5.32 Å². The third-order valence-corrected chi connectivity index (χ3v) is 3.36. The Labute approximate surface area is 115 Å². The molecule has 0 radical (unpaired) electrons. The van der Waals surface area contributed by atoms with Crippen LogP contribution in [0, 0.1) is 11.6 Å². The fraction of sp³-hybridized carbons (Fsp3) is 0.429. The smallest absolute Gasteiger partial charge is 0.243 e. The summed E-state index contributed by atoms with van der Waals surface area (Å²) in [6.45, 7) is 2.07. The van der Waals surface area contributed by atoms with Gasteiger partial charge in [0, 0.05) is 12.6 Å². The molecule has 108 valence electrons. The molecule has 6 heteroatoms. The zero-order valence-corrected chi connectivity index (χ0v) is 11.2. The fourth-order valence-electron chi connectivity index (χ4n) is 2.39. The Morgan fingerprint density at radius 1 is 1.25 bits per heavy atom. The first kappa shape index (κ1) is 14.4. The second-order valence-corrected chi connectivity index (χ2v) is 4.76. The Kier molecular flexibility index (Phi) is 4.32. The van der Waals surface area contributed by atoms with Gasteiger partial charge in [-0.25, -0.2) is 8.78 Å². The molecule has 1 fully saturated rings. The lowest BCUT2D eigenvalue weighted by Gasteiger charge is -2.34. The number of piperazine rings is 1. The maximum absolute atomic E-state index is 13.1. The summed E-state index contributed by atoms with van der Waals surface area (Å²) in [6, 6.07) is 2.77. The average molecular weight is 282 g/mol. The highest BCUT2D eigenvalue weighted by molar-refractivity contribution is 5.94. The van der Waals surface area contributed by atoms with Crippen LogP contribution in [0.5, 0.6) is 0 Å². The van der Waals surface area contributed by atoms with E-state index in [9.17, 15) is 18.4 Å². The minimum Gasteiger partial charge on any atom is -0.345 e. The molecule has 2 rings (SSSR count). The molecule has 0 saturated carbocycles. The number of halogens is 2. The van der Waals surface area contributed by atoms with E-state index in [1.165, 1.54) is 17.0 Å². The molecule has 4 nitrogen and oxygen atoms in total. The van der Waals surface area contributed by atoms with Crippen molar-refractivity contribution in [2.45, 2.75) is 25.8 Å². The van der Waals surface area contributed by atoms with Crippen LogP contribution in [0.3, 0.4) is 0 Å². The van der Waals surface area contributed by atoms with Crippen molar-refractivity contribution in [3.05, 3.63) is 35.4 Å². The fourth-order valence-corrected chi connectivity index (χ4v) is 2.39. The van der Waals surface area contributed by atoms with Gasteiger partial charge < -0.3 is 10.2 Å². The molecular formula is C14H16F2N2O2. The molecule has 1 saturated heterocycles. The van der Waals surface area contributed by atoms with E-state index in [1.807, 2.05) is 6.92 Å². The number of hydrogen-bond acceptors (Lipinski definition) is 2. The van der Waals surface area contributed by atoms with E-state index in [1.54, 1.807) is 0 Å². The summed E-state index contributed by atoms with van der Waals surface area (Å²) in [5.41, 5.74) is 0.469. The highest BCUT2D eigenvalue weighted by Gasteiger charge is 2.32. The molecule has 0 bridgehead atoms. The first-order valence-electron chi connectivity index (χ1n) is 6.53. The van der Waals surface area contributed by atoms with E-state index < -0.39 is 17.7 Å². The lowest BCUT2D eigenvalue weighted by molar-refractivity contribution is -0.145. The minimum absolute atomic E-state index is 0.0210. The predicted molar refractivity (Wildman–Crippen MR) is 68.9 cm³/mol. The van der Waals surface area contributed by atoms with E-state index >= 15 is 0 Å². The predicted octanol–water partition coefficient (Wildman–Crippen LogP) is 1.24. The van der Waals surface area contributed by atoms with Crippen LogP contribution in [-0.2, 0) is 16.0 Å². The summed E-state index contributed by atoms with van der Waals surface area (Å²) in [5.74, 6) is -1.64. The van der Waals surface area contributed by atoms with Gasteiger partial charge in [0.2, 0.25) is 11.8 Å². The molecular weight excluding hydrogens is 266 g/mol. The number of rotatable bonds is 4. The minimum atomic E-state index is -0.644. The largest absolute Gasteiger partial charge is 0.345 e. The Morgan fingerprint density at radius 3 is 2.50 bits per heavy atom. The molecule has 1 aromatic rings. The summed E-state index contributed by atoms with van der Waals surface area (Å²) in [7, 11) is 0. The van der Waals surface area contributed by atoms with E-state index in [-0.39, 0.29) is 24.9 Å². The Hall–Kier alpha value is -1.98. The maximum atomic E-state index is 13.1. The maximum Gasteiger partial charge on any atom is 0.243 e. The Morgan fingerprint density at radius 2 is 1.90 bits per heavy atom. The summed E-state index contributed by atoms with van der Waals surface area (Å²) < 4.78 is 26.2. The summed E-state index contributed by atoms with van der Waals surface area (Å²) in [4.78, 5) is 25.0. The van der Waals surface area contributed by atoms with Crippen molar-refractivity contribution >= 4 is 11.8 Å². The van der Waals surface area contributed by atoms with Crippen LogP contribution in [0.1, 0.15) is 18.9 Å². The number of carbonyl (C=O) groups is 2. The van der Waals surface area contributed by atoms with Gasteiger partial charge in [-0.1, -0.05) is 6.92 Å². The number of hydrogen-bond donors (Lipinski definition) is 1. The van der Waals surface area contributed by atoms with Gasteiger partial charge in [0.15, 0.2) is 0 Å². The van der Waals surface area contributed by atoms with Gasteiger partial charge >= 0.3 is 0 Å². The molecule has 0 spiro atoms. The van der Waals surface area contributed by atoms with Gasteiger partial charge in [0.1, 0.15) is 17.7 Å². The molecule has 1 unspecified atom stereocenters. The Bertz CT molecular complexity index is 514. The van der Waals surface area contributed by atoms with Gasteiger partial charge in [-0.2, -0.15) is 0 Å². The Balaban J connectivity index is 2.07. The molecule has 0 aliphatic carbocycles. The van der Waals surface area contributed by atoms with Gasteiger partial charge in [-0.15, -0.1) is 0 Å². The zero-order valence-electron chi connectivity index (χ0n) is 11.2. The van der Waals surface area contributed by atoms with E-state index in [0.29, 0.717) is 18.4 Å². The van der Waals surface area contributed by atoms with Crippen molar-refractivity contribution < 1.29 is 18.4 Å². The molecule has 20 heavy (non-hydrogen) atoms. The quantitative estimate of drug-likeness (QED) is 0.903. The first-order valence-corrected chi connectivity index (χ1v) is 6.53. The van der Waals surface area contributed by atoms with Crippen molar-refractivity contribution in [1.82, 2.24) is 10.2 Å². The summed E-state index contributed by atoms with van der Waals surface area (Å²) >= 11 is 0. The number of nitrogens with zero attached hydrogens (tertiary/aromatic N) is 1. The lowest BCUT2D eigenvalue weighted by Crippen LogP contribution is -2.58. The monoisotopic (exact) mass is 282 g/mol. The molecule has 1 atom stereocenters. The zero-order chi connectivity index (χ0) is 14.7. The summed E-state index contributed by atoms with van der Waals surface area (Å²) in [5, 5.41) is 2.53. The first-order chi connectivity index (χ1) is 9.51. The average Bonchev–Trinajstić information content (AvgIpc) is 2.38. The molecule has 1 N–H and O–H groups in total. The van der Waals surface area contributed by atoms with Crippen LogP contribution in [0.15, 0.2) is 18.2 Å². The number of benzene rings is 1. The van der Waals surface area contributed by atoms with Gasteiger partial charge in [-0.3, -0.25) is 9.59 Å². The van der Waals surface area contributed by atoms with Gasteiger partial charge in [0.25, 0.3) is 0 Å². The topological polar surface area (TPSA) is 49.4 Å². The molecule has 2 amide bonds. The van der Waals surface area contributed by atoms with E-state index in [0.717, 1.165) is 6.07 Å². The molecule has 1 aliphatic rings. The normalized spacial score (nSPS) is 19.1. The standard InChI is InChI=1S/C14H16F2N2O2/c1-2-12-14(20)17-8-13(19)18(12)4-3-9-5-10(15)7-11(16)6-9/h5-7,12H,2-4,8H2,1H3,(H,17,20). The van der Waals surface area contributed by atoms with Crippen LogP contribution in [-0.4, -0.2) is 35.8 Å². The van der Waals surface area contributed by atoms with Crippen LogP contribution >= 0.6 is 0 Å². The van der Waals surface area contributed by atoms with Crippen LogP contribution in [0.25, 0.3) is 0 Å². The van der Waals surface area contributed by atoms with Crippen molar-refractivity contribution in [3.63, 3.8) is 0 Å².